The zero-order chi connectivity index (χ0) is 21.3. The molecule has 8 heteroatoms. The van der Waals surface area contributed by atoms with E-state index in [4.69, 9.17) is 4.74 Å². The van der Waals surface area contributed by atoms with Gasteiger partial charge < -0.3 is 25.2 Å². The highest BCUT2D eigenvalue weighted by molar-refractivity contribution is 14.0. The fraction of sp³-hybridized carbons (Fsp3) is 0.391. The van der Waals surface area contributed by atoms with Crippen LogP contribution in [0.2, 0.25) is 0 Å². The summed E-state index contributed by atoms with van der Waals surface area (Å²) < 4.78 is 5.41. The van der Waals surface area contributed by atoms with Crippen LogP contribution in [0.1, 0.15) is 21.5 Å². The number of nitrogens with zero attached hydrogens (tertiary/aromatic N) is 3. The number of ether oxygens (including phenoxy) is 1. The van der Waals surface area contributed by atoms with Gasteiger partial charge in [-0.15, -0.1) is 24.0 Å². The molecule has 1 aliphatic heterocycles. The first-order valence-electron chi connectivity index (χ1n) is 10.2. The molecule has 2 N–H and O–H groups in total. The van der Waals surface area contributed by atoms with E-state index in [1.54, 1.807) is 26.0 Å². The van der Waals surface area contributed by atoms with Crippen molar-refractivity contribution >= 4 is 41.5 Å². The first-order valence-corrected chi connectivity index (χ1v) is 10.2. The van der Waals surface area contributed by atoms with Crippen molar-refractivity contribution in [3.05, 3.63) is 65.2 Å². The average Bonchev–Trinajstić information content (AvgIpc) is 2.80. The van der Waals surface area contributed by atoms with Gasteiger partial charge in [-0.05, 0) is 35.4 Å². The van der Waals surface area contributed by atoms with E-state index in [1.165, 1.54) is 11.3 Å². The third-order valence-electron chi connectivity index (χ3n) is 5.06. The number of carbonyl (C=O) groups excluding carboxylic acids is 1. The maximum atomic E-state index is 12.0. The summed E-state index contributed by atoms with van der Waals surface area (Å²) >= 11 is 0. The normalized spacial score (nSPS) is 13.9. The Balaban J connectivity index is 0.00000341. The quantitative estimate of drug-likeness (QED) is 0.337. The smallest absolute Gasteiger partial charge is 0.253 e. The van der Waals surface area contributed by atoms with Crippen molar-refractivity contribution in [3.8, 4) is 0 Å². The van der Waals surface area contributed by atoms with Crippen LogP contribution in [0.15, 0.2) is 53.5 Å². The summed E-state index contributed by atoms with van der Waals surface area (Å²) in [5.41, 5.74) is 4.21. The van der Waals surface area contributed by atoms with Crippen LogP contribution in [0.3, 0.4) is 0 Å². The number of nitrogens with one attached hydrogen (secondary N) is 2. The van der Waals surface area contributed by atoms with Gasteiger partial charge in [0, 0.05) is 58.6 Å². The number of rotatable bonds is 6. The average molecular weight is 537 g/mol. The fourth-order valence-corrected chi connectivity index (χ4v) is 3.26. The summed E-state index contributed by atoms with van der Waals surface area (Å²) in [6.07, 6.45) is 0. The number of anilines is 1. The van der Waals surface area contributed by atoms with Gasteiger partial charge in [-0.3, -0.25) is 9.79 Å². The number of halogens is 1. The van der Waals surface area contributed by atoms with E-state index in [9.17, 15) is 4.79 Å². The second-order valence-electron chi connectivity index (χ2n) is 7.44. The lowest BCUT2D eigenvalue weighted by Gasteiger charge is -2.28. The zero-order valence-corrected chi connectivity index (χ0v) is 20.8. The molecule has 0 aliphatic carbocycles. The predicted octanol–water partition coefficient (Wildman–Crippen LogP) is 2.71. The molecule has 0 saturated carbocycles. The van der Waals surface area contributed by atoms with Crippen molar-refractivity contribution in [1.29, 1.82) is 0 Å². The summed E-state index contributed by atoms with van der Waals surface area (Å²) in [6, 6.07) is 16.2. The van der Waals surface area contributed by atoms with Crippen LogP contribution >= 0.6 is 24.0 Å². The third kappa shape index (κ3) is 7.39. The lowest BCUT2D eigenvalue weighted by Crippen LogP contribution is -2.36. The fourth-order valence-electron chi connectivity index (χ4n) is 3.26. The summed E-state index contributed by atoms with van der Waals surface area (Å²) in [7, 11) is 5.27. The van der Waals surface area contributed by atoms with Crippen molar-refractivity contribution in [2.75, 3.05) is 52.3 Å². The molecule has 0 aromatic heterocycles. The van der Waals surface area contributed by atoms with E-state index in [0.29, 0.717) is 18.7 Å². The number of guanidine groups is 1. The molecule has 7 nitrogen and oxygen atoms in total. The number of benzene rings is 2. The molecule has 1 heterocycles. The molecule has 0 radical (unpaired) electrons. The molecule has 2 aromatic carbocycles. The molecular formula is C23H32IN5O2. The van der Waals surface area contributed by atoms with E-state index in [1.807, 2.05) is 24.3 Å². The van der Waals surface area contributed by atoms with E-state index >= 15 is 0 Å². The number of hydrogen-bond acceptors (Lipinski definition) is 4. The molecule has 0 spiro atoms. The minimum absolute atomic E-state index is 0. The Kier molecular flexibility index (Phi) is 10.1. The molecule has 31 heavy (non-hydrogen) atoms. The Labute approximate surface area is 201 Å². The molecule has 0 unspecified atom stereocenters. The highest BCUT2D eigenvalue weighted by atomic mass is 127. The van der Waals surface area contributed by atoms with Crippen LogP contribution in [0, 0.1) is 0 Å². The Morgan fingerprint density at radius 3 is 1.97 bits per heavy atom. The Hall–Kier alpha value is -2.33. The maximum absolute atomic E-state index is 12.0. The van der Waals surface area contributed by atoms with Crippen molar-refractivity contribution in [3.63, 3.8) is 0 Å². The molecule has 1 saturated heterocycles. The molecule has 1 aliphatic rings. The minimum atomic E-state index is 0. The molecular weight excluding hydrogens is 505 g/mol. The van der Waals surface area contributed by atoms with Gasteiger partial charge in [-0.1, -0.05) is 24.3 Å². The highest BCUT2D eigenvalue weighted by Gasteiger charge is 2.11. The van der Waals surface area contributed by atoms with Gasteiger partial charge in [0.05, 0.1) is 13.2 Å². The van der Waals surface area contributed by atoms with Crippen molar-refractivity contribution < 1.29 is 9.53 Å². The molecule has 0 atom stereocenters. The largest absolute Gasteiger partial charge is 0.378 e. The predicted molar refractivity (Wildman–Crippen MR) is 136 cm³/mol. The van der Waals surface area contributed by atoms with Gasteiger partial charge in [-0.25, -0.2) is 0 Å². The molecule has 0 bridgehead atoms. The topological polar surface area (TPSA) is 69.2 Å². The second-order valence-corrected chi connectivity index (χ2v) is 7.44. The summed E-state index contributed by atoms with van der Waals surface area (Å²) in [5.74, 6) is 0.743. The molecule has 3 rings (SSSR count). The number of amides is 1. The zero-order valence-electron chi connectivity index (χ0n) is 18.4. The van der Waals surface area contributed by atoms with E-state index < -0.39 is 0 Å². The van der Waals surface area contributed by atoms with E-state index in [0.717, 1.165) is 37.8 Å². The first-order chi connectivity index (χ1) is 14.6. The van der Waals surface area contributed by atoms with Crippen LogP contribution in [0.25, 0.3) is 0 Å². The van der Waals surface area contributed by atoms with Crippen LogP contribution in [-0.4, -0.2) is 64.2 Å². The van der Waals surface area contributed by atoms with Crippen molar-refractivity contribution in [2.24, 2.45) is 4.99 Å². The standard InChI is InChI=1S/C23H31N5O2.HI/c1-24-23(25-16-18-4-8-20(9-5-18)22(29)27(2)3)26-17-19-6-10-21(11-7-19)28-12-14-30-15-13-28;/h4-11H,12-17H2,1-3H3,(H2,24,25,26);1H. The van der Waals surface area contributed by atoms with Gasteiger partial charge in [0.2, 0.25) is 0 Å². The van der Waals surface area contributed by atoms with Crippen LogP contribution in [0.4, 0.5) is 5.69 Å². The first kappa shape index (κ1) is 24.9. The van der Waals surface area contributed by atoms with Crippen molar-refractivity contribution in [1.82, 2.24) is 15.5 Å². The minimum Gasteiger partial charge on any atom is -0.378 e. The Morgan fingerprint density at radius 2 is 1.48 bits per heavy atom. The monoisotopic (exact) mass is 537 g/mol. The lowest BCUT2D eigenvalue weighted by atomic mass is 10.1. The molecule has 1 amide bonds. The van der Waals surface area contributed by atoms with E-state index in [-0.39, 0.29) is 29.9 Å². The second kappa shape index (κ2) is 12.5. The Morgan fingerprint density at radius 1 is 0.968 bits per heavy atom. The van der Waals surface area contributed by atoms with Gasteiger partial charge in [-0.2, -0.15) is 0 Å². The van der Waals surface area contributed by atoms with E-state index in [2.05, 4.69) is 44.8 Å². The summed E-state index contributed by atoms with van der Waals surface area (Å²) in [6.45, 7) is 4.79. The maximum Gasteiger partial charge on any atom is 0.253 e. The van der Waals surface area contributed by atoms with Crippen LogP contribution in [-0.2, 0) is 17.8 Å². The van der Waals surface area contributed by atoms with Gasteiger partial charge in [0.15, 0.2) is 5.96 Å². The van der Waals surface area contributed by atoms with Crippen LogP contribution < -0.4 is 15.5 Å². The van der Waals surface area contributed by atoms with Gasteiger partial charge in [0.25, 0.3) is 5.91 Å². The van der Waals surface area contributed by atoms with Crippen LogP contribution in [0.5, 0.6) is 0 Å². The lowest BCUT2D eigenvalue weighted by molar-refractivity contribution is 0.0827. The van der Waals surface area contributed by atoms with Gasteiger partial charge in [0.1, 0.15) is 0 Å². The molecule has 2 aromatic rings. The summed E-state index contributed by atoms with van der Waals surface area (Å²) in [5, 5.41) is 6.66. The number of carbonyl (C=O) groups is 1. The SMILES string of the molecule is CN=C(NCc1ccc(C(=O)N(C)C)cc1)NCc1ccc(N2CCOCC2)cc1.I. The van der Waals surface area contributed by atoms with Gasteiger partial charge >= 0.3 is 0 Å². The molecule has 168 valence electrons. The third-order valence-corrected chi connectivity index (χ3v) is 5.06. The summed E-state index contributed by atoms with van der Waals surface area (Å²) in [4.78, 5) is 20.2. The van der Waals surface area contributed by atoms with Crippen molar-refractivity contribution in [2.45, 2.75) is 13.1 Å². The Bertz CT molecular complexity index is 847. The number of aliphatic imine (C=N–C) groups is 1. The number of hydrogen-bond donors (Lipinski definition) is 2. The number of morpholine rings is 1. The highest BCUT2D eigenvalue weighted by Crippen LogP contribution is 2.16. The molecule has 1 fully saturated rings.